The van der Waals surface area contributed by atoms with E-state index < -0.39 is 11.1 Å². The van der Waals surface area contributed by atoms with Gasteiger partial charge >= 0.3 is 6.17 Å². The molecule has 0 amide bonds. The lowest BCUT2D eigenvalue weighted by atomic mass is 10.1. The van der Waals surface area contributed by atoms with Crippen LogP contribution in [0.5, 0.6) is 0 Å². The Labute approximate surface area is 146 Å². The molecule has 0 bridgehead atoms. The zero-order valence-electron chi connectivity index (χ0n) is 13.6. The Morgan fingerprint density at radius 2 is 2.04 bits per heavy atom. The number of hydrogen-bond donors (Lipinski definition) is 1. The summed E-state index contributed by atoms with van der Waals surface area (Å²) in [4.78, 5) is 19.6. The molecule has 3 heterocycles. The largest absolute Gasteiger partial charge is 0.463 e. The molecule has 10 heteroatoms. The summed E-state index contributed by atoms with van der Waals surface area (Å²) in [5.74, 6) is 0.365. The number of hydrogen-bond acceptors (Lipinski definition) is 8. The fourth-order valence-corrected chi connectivity index (χ4v) is 2.81. The number of benzene rings is 1. The van der Waals surface area contributed by atoms with Crippen LogP contribution in [-0.4, -0.2) is 29.9 Å². The highest BCUT2D eigenvalue weighted by atomic mass is 16.6. The summed E-state index contributed by atoms with van der Waals surface area (Å²) in [6.07, 6.45) is 0.191. The Bertz CT molecular complexity index is 1100. The minimum Gasteiger partial charge on any atom is -0.463 e. The van der Waals surface area contributed by atoms with E-state index >= 15 is 0 Å². The van der Waals surface area contributed by atoms with E-state index in [0.717, 1.165) is 10.2 Å². The maximum atomic E-state index is 11.8. The number of fused-ring (bicyclic) bond motifs is 1. The minimum absolute atomic E-state index is 0.0562. The second-order valence-electron chi connectivity index (χ2n) is 5.63. The fourth-order valence-electron chi connectivity index (χ4n) is 2.81. The summed E-state index contributed by atoms with van der Waals surface area (Å²) >= 11 is 0. The molecule has 0 aliphatic carbocycles. The van der Waals surface area contributed by atoms with Crippen molar-refractivity contribution in [3.05, 3.63) is 63.9 Å². The highest BCUT2D eigenvalue weighted by Crippen LogP contribution is 2.29. The summed E-state index contributed by atoms with van der Waals surface area (Å²) in [6, 6.07) is 10.4. The maximum absolute atomic E-state index is 11.8. The van der Waals surface area contributed by atoms with Crippen LogP contribution >= 0.6 is 0 Å². The standard InChI is InChI=1S/C16H13N7O3/c1-9-5-2-3-6-10(9)15(23(24)25)22-14-13(20-21-22)12(18-16(17)19-14)11-7-4-8-26-11/h2-8,15H,1H3,(H2,17,18,19). The van der Waals surface area contributed by atoms with Gasteiger partial charge in [0.25, 0.3) is 0 Å². The summed E-state index contributed by atoms with van der Waals surface area (Å²) < 4.78 is 6.49. The monoisotopic (exact) mass is 351 g/mol. The van der Waals surface area contributed by atoms with Crippen LogP contribution in [0.25, 0.3) is 22.6 Å². The first-order valence-electron chi connectivity index (χ1n) is 7.67. The molecule has 10 nitrogen and oxygen atoms in total. The first-order chi connectivity index (χ1) is 12.6. The van der Waals surface area contributed by atoms with Gasteiger partial charge in [-0.25, -0.2) is 4.98 Å². The molecule has 3 aromatic heterocycles. The van der Waals surface area contributed by atoms with Crippen LogP contribution in [0.1, 0.15) is 17.3 Å². The highest BCUT2D eigenvalue weighted by Gasteiger charge is 2.31. The number of nitrogens with two attached hydrogens (primary N) is 1. The van der Waals surface area contributed by atoms with E-state index in [1.54, 1.807) is 37.3 Å². The van der Waals surface area contributed by atoms with E-state index in [2.05, 4.69) is 20.3 Å². The molecule has 0 spiro atoms. The number of furan rings is 1. The Hall–Kier alpha value is -3.82. The van der Waals surface area contributed by atoms with Crippen molar-refractivity contribution in [2.24, 2.45) is 0 Å². The Morgan fingerprint density at radius 1 is 1.23 bits per heavy atom. The lowest BCUT2D eigenvalue weighted by Gasteiger charge is -2.12. The predicted molar refractivity (Wildman–Crippen MR) is 91.5 cm³/mol. The highest BCUT2D eigenvalue weighted by molar-refractivity contribution is 5.86. The van der Waals surface area contributed by atoms with Gasteiger partial charge in [0.05, 0.1) is 16.7 Å². The van der Waals surface area contributed by atoms with Gasteiger partial charge in [0.1, 0.15) is 5.69 Å². The van der Waals surface area contributed by atoms with Gasteiger partial charge in [-0.15, -0.1) is 5.10 Å². The van der Waals surface area contributed by atoms with Gasteiger partial charge in [0, 0.05) is 0 Å². The van der Waals surface area contributed by atoms with Crippen molar-refractivity contribution >= 4 is 17.1 Å². The van der Waals surface area contributed by atoms with Crippen molar-refractivity contribution in [2.75, 3.05) is 5.73 Å². The summed E-state index contributed by atoms with van der Waals surface area (Å²) in [6.45, 7) is 1.79. The second-order valence-corrected chi connectivity index (χ2v) is 5.63. The van der Waals surface area contributed by atoms with Crippen molar-refractivity contribution in [3.63, 3.8) is 0 Å². The Balaban J connectivity index is 1.97. The first kappa shape index (κ1) is 15.7. The molecule has 4 aromatic rings. The molecular formula is C16H13N7O3. The summed E-state index contributed by atoms with van der Waals surface area (Å²) in [5, 5.41) is 19.8. The van der Waals surface area contributed by atoms with Crippen LogP contribution in [-0.2, 0) is 0 Å². The van der Waals surface area contributed by atoms with Crippen LogP contribution in [0.15, 0.2) is 47.1 Å². The van der Waals surface area contributed by atoms with Gasteiger partial charge in [0.15, 0.2) is 16.9 Å². The van der Waals surface area contributed by atoms with Crippen LogP contribution in [0, 0.1) is 17.0 Å². The molecule has 0 saturated heterocycles. The molecule has 1 atom stereocenters. The molecule has 1 aromatic carbocycles. The van der Waals surface area contributed by atoms with Gasteiger partial charge < -0.3 is 10.2 Å². The third kappa shape index (κ3) is 2.44. The van der Waals surface area contributed by atoms with Crippen molar-refractivity contribution in [2.45, 2.75) is 13.1 Å². The molecule has 2 N–H and O–H groups in total. The quantitative estimate of drug-likeness (QED) is 0.436. The lowest BCUT2D eigenvalue weighted by molar-refractivity contribution is -0.537. The van der Waals surface area contributed by atoms with Gasteiger partial charge in [-0.3, -0.25) is 10.1 Å². The zero-order valence-corrected chi connectivity index (χ0v) is 13.6. The Morgan fingerprint density at radius 3 is 2.73 bits per heavy atom. The molecule has 0 fully saturated rings. The molecular weight excluding hydrogens is 338 g/mol. The smallest absolute Gasteiger partial charge is 0.334 e. The van der Waals surface area contributed by atoms with Crippen molar-refractivity contribution in [1.29, 1.82) is 0 Å². The molecule has 0 aliphatic rings. The lowest BCUT2D eigenvalue weighted by Crippen LogP contribution is -2.22. The van der Waals surface area contributed by atoms with Crippen LogP contribution in [0.4, 0.5) is 5.95 Å². The van der Waals surface area contributed by atoms with Crippen LogP contribution in [0.2, 0.25) is 0 Å². The maximum Gasteiger partial charge on any atom is 0.334 e. The third-order valence-electron chi connectivity index (χ3n) is 3.99. The molecule has 1 unspecified atom stereocenters. The number of rotatable bonds is 4. The number of aromatic nitrogens is 5. The number of aryl methyl sites for hydroxylation is 1. The summed E-state index contributed by atoms with van der Waals surface area (Å²) in [5.41, 5.74) is 7.81. The number of nitrogen functional groups attached to an aromatic ring is 1. The fraction of sp³-hybridized carbons (Fsp3) is 0.125. The van der Waals surface area contributed by atoms with Crippen molar-refractivity contribution in [1.82, 2.24) is 25.0 Å². The molecule has 0 radical (unpaired) electrons. The van der Waals surface area contributed by atoms with E-state index in [-0.39, 0.29) is 17.1 Å². The van der Waals surface area contributed by atoms with E-state index in [1.165, 1.54) is 6.26 Å². The third-order valence-corrected chi connectivity index (χ3v) is 3.99. The van der Waals surface area contributed by atoms with Gasteiger partial charge in [-0.1, -0.05) is 23.4 Å². The van der Waals surface area contributed by atoms with Gasteiger partial charge in [-0.2, -0.15) is 9.67 Å². The minimum atomic E-state index is -1.29. The number of nitrogens with zero attached hydrogens (tertiary/aromatic N) is 6. The average molecular weight is 351 g/mol. The van der Waals surface area contributed by atoms with Crippen LogP contribution in [0.3, 0.4) is 0 Å². The SMILES string of the molecule is Cc1ccccc1C(n1nnc2c(-c3ccco3)nc(N)nc21)[N+](=O)[O-]. The zero-order chi connectivity index (χ0) is 18.3. The Kier molecular flexibility index (Phi) is 3.57. The molecule has 4 rings (SSSR count). The molecule has 130 valence electrons. The molecule has 0 saturated carbocycles. The van der Waals surface area contributed by atoms with Gasteiger partial charge in [-0.05, 0) is 30.7 Å². The van der Waals surface area contributed by atoms with Crippen LogP contribution < -0.4 is 5.73 Å². The summed E-state index contributed by atoms with van der Waals surface area (Å²) in [7, 11) is 0. The molecule has 0 aliphatic heterocycles. The number of anilines is 1. The topological polar surface area (TPSA) is 139 Å². The average Bonchev–Trinajstić information content (AvgIpc) is 3.26. The van der Waals surface area contributed by atoms with E-state index in [0.29, 0.717) is 17.0 Å². The van der Waals surface area contributed by atoms with Crippen molar-refractivity contribution in [3.8, 4) is 11.5 Å². The van der Waals surface area contributed by atoms with E-state index in [9.17, 15) is 10.1 Å². The van der Waals surface area contributed by atoms with Crippen molar-refractivity contribution < 1.29 is 9.34 Å². The van der Waals surface area contributed by atoms with E-state index in [4.69, 9.17) is 10.2 Å². The predicted octanol–water partition coefficient (Wildman–Crippen LogP) is 2.20. The van der Waals surface area contributed by atoms with Gasteiger partial charge in [0.2, 0.25) is 5.95 Å². The second kappa shape index (κ2) is 5.92. The van der Waals surface area contributed by atoms with E-state index in [1.807, 2.05) is 6.07 Å². The number of nitro groups is 1. The first-order valence-corrected chi connectivity index (χ1v) is 7.67. The normalized spacial score (nSPS) is 12.3. The molecule has 26 heavy (non-hydrogen) atoms.